The van der Waals surface area contributed by atoms with Crippen LogP contribution in [0.15, 0.2) is 48.8 Å². The molecule has 1 N–H and O–H groups in total. The van der Waals surface area contributed by atoms with Crippen molar-refractivity contribution in [3.8, 4) is 0 Å². The summed E-state index contributed by atoms with van der Waals surface area (Å²) in [7, 11) is 0. The summed E-state index contributed by atoms with van der Waals surface area (Å²) in [5.74, 6) is 0.235. The van der Waals surface area contributed by atoms with Crippen LogP contribution >= 0.6 is 11.6 Å². The van der Waals surface area contributed by atoms with Gasteiger partial charge in [-0.25, -0.2) is 0 Å². The maximum atomic E-state index is 9.33. The molecule has 17 heavy (non-hydrogen) atoms. The van der Waals surface area contributed by atoms with Gasteiger partial charge in [-0.15, -0.1) is 0 Å². The van der Waals surface area contributed by atoms with Crippen LogP contribution < -0.4 is 0 Å². The fourth-order valence-electron chi connectivity index (χ4n) is 1.78. The molecule has 0 saturated heterocycles. The predicted octanol–water partition coefficient (Wildman–Crippen LogP) is 3.46. The van der Waals surface area contributed by atoms with Crippen LogP contribution in [0, 0.1) is 0 Å². The summed E-state index contributed by atoms with van der Waals surface area (Å²) >= 11 is 5.64. The van der Waals surface area contributed by atoms with Gasteiger partial charge in [0.15, 0.2) is 5.56 Å². The number of nitrogens with zero attached hydrogens (tertiary/aromatic N) is 1. The lowest BCUT2D eigenvalue weighted by molar-refractivity contribution is 0.262. The highest BCUT2D eigenvalue weighted by atomic mass is 35.5. The Balaban J connectivity index is 2.31. The lowest BCUT2D eigenvalue weighted by Gasteiger charge is -2.13. The molecule has 2 rings (SSSR count). The van der Waals surface area contributed by atoms with Gasteiger partial charge in [0.2, 0.25) is 0 Å². The van der Waals surface area contributed by atoms with Crippen molar-refractivity contribution in [2.24, 2.45) is 0 Å². The van der Waals surface area contributed by atoms with Crippen LogP contribution in [0.4, 0.5) is 0 Å². The van der Waals surface area contributed by atoms with Gasteiger partial charge in [0.05, 0.1) is 0 Å². The van der Waals surface area contributed by atoms with Crippen LogP contribution in [-0.2, 0) is 0 Å². The van der Waals surface area contributed by atoms with Gasteiger partial charge in [0.1, 0.15) is 0 Å². The van der Waals surface area contributed by atoms with E-state index in [4.69, 9.17) is 11.6 Å². The quantitative estimate of drug-likeness (QED) is 0.843. The molecule has 2 unspecified atom stereocenters. The van der Waals surface area contributed by atoms with E-state index in [0.29, 0.717) is 5.56 Å². The van der Waals surface area contributed by atoms with E-state index in [1.54, 1.807) is 12.4 Å². The number of aromatic nitrogens is 1. The van der Waals surface area contributed by atoms with E-state index in [2.05, 4.69) is 24.0 Å². The Bertz CT molecular complexity index is 485. The Labute approximate surface area is 106 Å². The number of hydrogen-bond donors (Lipinski definition) is 1. The summed E-state index contributed by atoms with van der Waals surface area (Å²) in [5.41, 5.74) is 1.90. The number of hydrogen-bond acceptors (Lipinski definition) is 2. The van der Waals surface area contributed by atoms with E-state index < -0.39 is 5.56 Å². The van der Waals surface area contributed by atoms with Crippen molar-refractivity contribution in [2.45, 2.75) is 18.4 Å². The summed E-state index contributed by atoms with van der Waals surface area (Å²) in [5, 5.41) is 9.33. The molecule has 2 nitrogen and oxygen atoms in total. The van der Waals surface area contributed by atoms with Crippen LogP contribution in [0.3, 0.4) is 0 Å². The number of alkyl halides is 1. The first-order valence-corrected chi connectivity index (χ1v) is 5.94. The summed E-state index contributed by atoms with van der Waals surface area (Å²) in [6.45, 7) is 2.11. The number of aliphatic hydroxyl groups is 1. The first kappa shape index (κ1) is 12.1. The number of benzene rings is 1. The molecular formula is C14H14ClNO. The standard InChI is InChI=1S/C14H14ClNO/c1-10(11-5-3-2-4-6-11)12-7-13(14(15)17)9-16-8-12/h2-10,14,17H,1H3. The minimum atomic E-state index is -0.995. The molecule has 0 aliphatic heterocycles. The van der Waals surface area contributed by atoms with Gasteiger partial charge in [0, 0.05) is 23.9 Å². The maximum absolute atomic E-state index is 9.33. The Morgan fingerprint density at radius 1 is 1.06 bits per heavy atom. The lowest BCUT2D eigenvalue weighted by Crippen LogP contribution is -1.99. The van der Waals surface area contributed by atoms with Crippen LogP contribution in [0.2, 0.25) is 0 Å². The second kappa shape index (κ2) is 5.30. The molecular weight excluding hydrogens is 234 g/mol. The van der Waals surface area contributed by atoms with E-state index in [0.717, 1.165) is 5.56 Å². The van der Waals surface area contributed by atoms with Gasteiger partial charge < -0.3 is 5.11 Å². The topological polar surface area (TPSA) is 33.1 Å². The maximum Gasteiger partial charge on any atom is 0.155 e. The minimum Gasteiger partial charge on any atom is -0.373 e. The first-order chi connectivity index (χ1) is 8.18. The van der Waals surface area contributed by atoms with Crippen LogP contribution in [-0.4, -0.2) is 10.1 Å². The average Bonchev–Trinajstić information content (AvgIpc) is 2.39. The average molecular weight is 248 g/mol. The van der Waals surface area contributed by atoms with E-state index in [1.807, 2.05) is 24.3 Å². The molecule has 2 aromatic rings. The van der Waals surface area contributed by atoms with Crippen molar-refractivity contribution >= 4 is 11.6 Å². The summed E-state index contributed by atoms with van der Waals surface area (Å²) in [6.07, 6.45) is 3.39. The molecule has 1 aromatic carbocycles. The molecule has 0 aliphatic rings. The van der Waals surface area contributed by atoms with Gasteiger partial charge in [-0.05, 0) is 17.2 Å². The van der Waals surface area contributed by atoms with Gasteiger partial charge in [-0.2, -0.15) is 0 Å². The second-order valence-corrected chi connectivity index (χ2v) is 4.43. The number of halogens is 1. The minimum absolute atomic E-state index is 0.235. The van der Waals surface area contributed by atoms with Gasteiger partial charge in [-0.1, -0.05) is 48.9 Å². The van der Waals surface area contributed by atoms with Crippen LogP contribution in [0.5, 0.6) is 0 Å². The van der Waals surface area contributed by atoms with E-state index in [1.165, 1.54) is 5.56 Å². The molecule has 0 fully saturated rings. The highest BCUT2D eigenvalue weighted by Gasteiger charge is 2.11. The van der Waals surface area contributed by atoms with Crippen molar-refractivity contribution < 1.29 is 5.11 Å². The number of aliphatic hydroxyl groups excluding tert-OH is 1. The number of rotatable bonds is 3. The molecule has 1 aromatic heterocycles. The van der Waals surface area contributed by atoms with Crippen molar-refractivity contribution in [1.29, 1.82) is 0 Å². The van der Waals surface area contributed by atoms with Gasteiger partial charge in [0.25, 0.3) is 0 Å². The summed E-state index contributed by atoms with van der Waals surface area (Å²) in [6, 6.07) is 12.1. The van der Waals surface area contributed by atoms with Crippen molar-refractivity contribution in [1.82, 2.24) is 4.98 Å². The Morgan fingerprint density at radius 3 is 2.35 bits per heavy atom. The predicted molar refractivity (Wildman–Crippen MR) is 69.0 cm³/mol. The summed E-state index contributed by atoms with van der Waals surface area (Å²) in [4.78, 5) is 4.11. The monoisotopic (exact) mass is 247 g/mol. The van der Waals surface area contributed by atoms with Crippen LogP contribution in [0.1, 0.15) is 35.1 Å². The Kier molecular flexibility index (Phi) is 3.77. The second-order valence-electron chi connectivity index (χ2n) is 4.02. The van der Waals surface area contributed by atoms with Gasteiger partial charge >= 0.3 is 0 Å². The van der Waals surface area contributed by atoms with E-state index in [-0.39, 0.29) is 5.92 Å². The SMILES string of the molecule is CC(c1ccccc1)c1cncc(C(O)Cl)c1. The summed E-state index contributed by atoms with van der Waals surface area (Å²) < 4.78 is 0. The zero-order valence-electron chi connectivity index (χ0n) is 9.55. The lowest BCUT2D eigenvalue weighted by atomic mass is 9.94. The molecule has 0 bridgehead atoms. The van der Waals surface area contributed by atoms with Crippen molar-refractivity contribution in [3.05, 3.63) is 65.5 Å². The fraction of sp³-hybridized carbons (Fsp3) is 0.214. The third kappa shape index (κ3) is 2.84. The van der Waals surface area contributed by atoms with Crippen molar-refractivity contribution in [2.75, 3.05) is 0 Å². The third-order valence-electron chi connectivity index (χ3n) is 2.86. The van der Waals surface area contributed by atoms with Gasteiger partial charge in [-0.3, -0.25) is 4.98 Å². The van der Waals surface area contributed by atoms with Crippen molar-refractivity contribution in [3.63, 3.8) is 0 Å². The molecule has 3 heteroatoms. The molecule has 0 aliphatic carbocycles. The molecule has 88 valence electrons. The largest absolute Gasteiger partial charge is 0.373 e. The number of pyridine rings is 1. The van der Waals surface area contributed by atoms with E-state index >= 15 is 0 Å². The zero-order chi connectivity index (χ0) is 12.3. The zero-order valence-corrected chi connectivity index (χ0v) is 10.3. The molecule has 0 saturated carbocycles. The smallest absolute Gasteiger partial charge is 0.155 e. The Morgan fingerprint density at radius 2 is 1.71 bits per heavy atom. The normalized spacial score (nSPS) is 14.3. The molecule has 2 atom stereocenters. The third-order valence-corrected chi connectivity index (χ3v) is 3.11. The molecule has 0 spiro atoms. The molecule has 0 amide bonds. The first-order valence-electron chi connectivity index (χ1n) is 5.50. The Hall–Kier alpha value is -1.38. The highest BCUT2D eigenvalue weighted by Crippen LogP contribution is 2.26. The van der Waals surface area contributed by atoms with Crippen LogP contribution in [0.25, 0.3) is 0 Å². The highest BCUT2D eigenvalue weighted by molar-refractivity contribution is 6.19. The fourth-order valence-corrected chi connectivity index (χ4v) is 1.90. The van der Waals surface area contributed by atoms with E-state index in [9.17, 15) is 5.11 Å². The molecule has 1 heterocycles. The molecule has 0 radical (unpaired) electrons.